The topological polar surface area (TPSA) is 85.1 Å². The maximum atomic E-state index is 8.98. The molecule has 124 valence electrons. The van der Waals surface area contributed by atoms with Gasteiger partial charge >= 0.3 is 0 Å². The number of methoxy groups -OCH3 is 1. The lowest BCUT2D eigenvalue weighted by Crippen LogP contribution is -2.01. The molecule has 0 radical (unpaired) electrons. The lowest BCUT2D eigenvalue weighted by Gasteiger charge is -2.10. The summed E-state index contributed by atoms with van der Waals surface area (Å²) in [6.45, 7) is 0.425. The number of para-hydroxylation sites is 2. The van der Waals surface area contributed by atoms with Crippen molar-refractivity contribution in [3.63, 3.8) is 0 Å². The minimum absolute atomic E-state index is 0.0131. The van der Waals surface area contributed by atoms with Crippen LogP contribution in [0.1, 0.15) is 0 Å². The molecule has 0 aliphatic rings. The smallest absolute Gasteiger partial charge is 0.227 e. The maximum Gasteiger partial charge on any atom is 0.227 e. The van der Waals surface area contributed by atoms with Gasteiger partial charge in [-0.1, -0.05) is 23.7 Å². The Labute approximate surface area is 143 Å². The summed E-state index contributed by atoms with van der Waals surface area (Å²) < 4.78 is 6.93. The second kappa shape index (κ2) is 7.29. The molecular weight excluding hydrogens is 330 g/mol. The Bertz CT molecular complexity index is 837. The second-order valence-electron chi connectivity index (χ2n) is 4.93. The molecule has 0 amide bonds. The molecule has 8 heteroatoms. The Hall–Kier alpha value is -2.64. The minimum atomic E-state index is 0.0131. The number of aliphatic hydroxyl groups is 1. The summed E-state index contributed by atoms with van der Waals surface area (Å²) in [5.41, 5.74) is 2.07. The Morgan fingerprint density at radius 2 is 2.12 bits per heavy atom. The number of ether oxygens (including phenoxy) is 1. The number of aromatic nitrogens is 4. The molecule has 7 nitrogen and oxygen atoms in total. The monoisotopic (exact) mass is 345 g/mol. The molecule has 0 saturated heterocycles. The number of rotatable bonds is 6. The van der Waals surface area contributed by atoms with Crippen molar-refractivity contribution in [2.45, 2.75) is 6.54 Å². The molecule has 0 spiro atoms. The Balaban J connectivity index is 1.91. The standard InChI is InChI=1S/C16H16ClN5O2/c1-24-14-5-3-2-4-13(14)20-16-18-9-12(17)15(21-16)11-8-19-22(10-11)6-7-23/h2-5,8-10,23H,6-7H2,1H3,(H,18,20,21). The van der Waals surface area contributed by atoms with Crippen LogP contribution in [0.15, 0.2) is 42.9 Å². The van der Waals surface area contributed by atoms with Crippen molar-refractivity contribution >= 4 is 23.2 Å². The van der Waals surface area contributed by atoms with Crippen molar-refractivity contribution < 1.29 is 9.84 Å². The molecule has 24 heavy (non-hydrogen) atoms. The van der Waals surface area contributed by atoms with Gasteiger partial charge in [-0.2, -0.15) is 5.10 Å². The van der Waals surface area contributed by atoms with E-state index in [1.54, 1.807) is 24.2 Å². The van der Waals surface area contributed by atoms with Gasteiger partial charge in [-0.15, -0.1) is 0 Å². The Morgan fingerprint density at radius 1 is 1.29 bits per heavy atom. The van der Waals surface area contributed by atoms with Crippen molar-refractivity contribution in [2.24, 2.45) is 0 Å². The first-order chi connectivity index (χ1) is 11.7. The van der Waals surface area contributed by atoms with Crippen molar-refractivity contribution in [2.75, 3.05) is 19.0 Å². The van der Waals surface area contributed by atoms with E-state index in [1.807, 2.05) is 24.3 Å². The second-order valence-corrected chi connectivity index (χ2v) is 5.34. The highest BCUT2D eigenvalue weighted by Gasteiger charge is 2.11. The molecule has 0 unspecified atom stereocenters. The van der Waals surface area contributed by atoms with Gasteiger partial charge < -0.3 is 15.2 Å². The van der Waals surface area contributed by atoms with Gasteiger partial charge in [0.25, 0.3) is 0 Å². The summed E-state index contributed by atoms with van der Waals surface area (Å²) in [5.74, 6) is 1.09. The zero-order chi connectivity index (χ0) is 16.9. The van der Waals surface area contributed by atoms with E-state index in [0.29, 0.717) is 29.0 Å². The van der Waals surface area contributed by atoms with Crippen LogP contribution in [-0.4, -0.2) is 38.6 Å². The number of hydrogen-bond acceptors (Lipinski definition) is 6. The highest BCUT2D eigenvalue weighted by Crippen LogP contribution is 2.29. The maximum absolute atomic E-state index is 8.98. The molecule has 0 atom stereocenters. The predicted molar refractivity (Wildman–Crippen MR) is 91.6 cm³/mol. The molecule has 1 aromatic carbocycles. The first-order valence-corrected chi connectivity index (χ1v) is 7.65. The van der Waals surface area contributed by atoms with Gasteiger partial charge in [-0.3, -0.25) is 4.68 Å². The van der Waals surface area contributed by atoms with E-state index in [1.165, 1.54) is 6.20 Å². The quantitative estimate of drug-likeness (QED) is 0.714. The van der Waals surface area contributed by atoms with Gasteiger partial charge in [-0.05, 0) is 12.1 Å². The summed E-state index contributed by atoms with van der Waals surface area (Å²) in [6.07, 6.45) is 4.96. The summed E-state index contributed by atoms with van der Waals surface area (Å²) >= 11 is 6.21. The first-order valence-electron chi connectivity index (χ1n) is 7.27. The van der Waals surface area contributed by atoms with Crippen LogP contribution in [0.4, 0.5) is 11.6 Å². The van der Waals surface area contributed by atoms with Crippen molar-refractivity contribution in [1.82, 2.24) is 19.7 Å². The molecule has 3 aromatic rings. The van der Waals surface area contributed by atoms with Crippen LogP contribution in [0.5, 0.6) is 5.75 Å². The lowest BCUT2D eigenvalue weighted by molar-refractivity contribution is 0.269. The molecule has 0 aliphatic heterocycles. The zero-order valence-corrected chi connectivity index (χ0v) is 13.7. The van der Waals surface area contributed by atoms with E-state index in [2.05, 4.69) is 20.4 Å². The number of benzene rings is 1. The van der Waals surface area contributed by atoms with Crippen molar-refractivity contribution in [3.05, 3.63) is 47.9 Å². The molecular formula is C16H16ClN5O2. The number of aliphatic hydroxyl groups excluding tert-OH is 1. The summed E-state index contributed by atoms with van der Waals surface area (Å²) in [4.78, 5) is 8.66. The summed E-state index contributed by atoms with van der Waals surface area (Å²) in [6, 6.07) is 7.49. The molecule has 2 heterocycles. The third kappa shape index (κ3) is 3.47. The number of nitrogens with zero attached hydrogens (tertiary/aromatic N) is 4. The first kappa shape index (κ1) is 16.2. The molecule has 0 aliphatic carbocycles. The van der Waals surface area contributed by atoms with E-state index >= 15 is 0 Å². The zero-order valence-electron chi connectivity index (χ0n) is 13.0. The highest BCUT2D eigenvalue weighted by molar-refractivity contribution is 6.32. The van der Waals surface area contributed by atoms with Crippen LogP contribution in [-0.2, 0) is 6.54 Å². The van der Waals surface area contributed by atoms with Gasteiger partial charge in [0.1, 0.15) is 5.75 Å². The van der Waals surface area contributed by atoms with Crippen LogP contribution >= 0.6 is 11.6 Å². The molecule has 2 aromatic heterocycles. The van der Waals surface area contributed by atoms with E-state index < -0.39 is 0 Å². The molecule has 3 rings (SSSR count). The van der Waals surface area contributed by atoms with Gasteiger partial charge in [0.05, 0.1) is 49.1 Å². The number of nitrogens with one attached hydrogen (secondary N) is 1. The number of halogens is 1. The lowest BCUT2D eigenvalue weighted by atomic mass is 10.2. The van der Waals surface area contributed by atoms with Gasteiger partial charge in [-0.25, -0.2) is 9.97 Å². The van der Waals surface area contributed by atoms with Crippen molar-refractivity contribution in [1.29, 1.82) is 0 Å². The van der Waals surface area contributed by atoms with Crippen LogP contribution in [0.25, 0.3) is 11.3 Å². The van der Waals surface area contributed by atoms with Crippen LogP contribution in [0, 0.1) is 0 Å². The van der Waals surface area contributed by atoms with E-state index in [9.17, 15) is 0 Å². The fourth-order valence-corrected chi connectivity index (χ4v) is 2.41. The molecule has 0 bridgehead atoms. The SMILES string of the molecule is COc1ccccc1Nc1ncc(Cl)c(-c2cnn(CCO)c2)n1. The van der Waals surface area contributed by atoms with E-state index in [0.717, 1.165) is 11.3 Å². The largest absolute Gasteiger partial charge is 0.495 e. The van der Waals surface area contributed by atoms with Crippen molar-refractivity contribution in [3.8, 4) is 17.0 Å². The minimum Gasteiger partial charge on any atom is -0.495 e. The molecule has 0 saturated carbocycles. The predicted octanol–water partition coefficient (Wildman–Crippen LogP) is 2.74. The number of hydrogen-bond donors (Lipinski definition) is 2. The third-order valence-corrected chi connectivity index (χ3v) is 3.61. The van der Waals surface area contributed by atoms with Gasteiger partial charge in [0, 0.05) is 11.8 Å². The fourth-order valence-electron chi connectivity index (χ4n) is 2.21. The van der Waals surface area contributed by atoms with Crippen LogP contribution < -0.4 is 10.1 Å². The molecule has 2 N–H and O–H groups in total. The summed E-state index contributed by atoms with van der Waals surface area (Å²) in [5, 5.41) is 16.7. The average molecular weight is 346 g/mol. The number of anilines is 2. The third-order valence-electron chi connectivity index (χ3n) is 3.33. The molecule has 0 fully saturated rings. The Kier molecular flexibility index (Phi) is 4.93. The highest BCUT2D eigenvalue weighted by atomic mass is 35.5. The van der Waals surface area contributed by atoms with E-state index in [-0.39, 0.29) is 6.61 Å². The van der Waals surface area contributed by atoms with Gasteiger partial charge in [0.2, 0.25) is 5.95 Å². The van der Waals surface area contributed by atoms with Crippen LogP contribution in [0.3, 0.4) is 0 Å². The van der Waals surface area contributed by atoms with Gasteiger partial charge in [0.15, 0.2) is 0 Å². The normalized spacial score (nSPS) is 10.6. The fraction of sp³-hybridized carbons (Fsp3) is 0.188. The average Bonchev–Trinajstić information content (AvgIpc) is 3.06. The van der Waals surface area contributed by atoms with E-state index in [4.69, 9.17) is 21.4 Å². The summed E-state index contributed by atoms with van der Waals surface area (Å²) in [7, 11) is 1.60. The Morgan fingerprint density at radius 3 is 2.92 bits per heavy atom. The van der Waals surface area contributed by atoms with Crippen LogP contribution in [0.2, 0.25) is 5.02 Å².